The third-order valence-corrected chi connectivity index (χ3v) is 3.89. The summed E-state index contributed by atoms with van der Waals surface area (Å²) in [6.07, 6.45) is 0. The number of carbonyl (C=O) groups is 1. The molecule has 7 heteroatoms. The van der Waals surface area contributed by atoms with Gasteiger partial charge >= 0.3 is 0 Å². The maximum atomic E-state index is 13.5. The minimum Gasteiger partial charge on any atom is -0.493 e. The van der Waals surface area contributed by atoms with Crippen LogP contribution in [0.4, 0.5) is 8.78 Å². The van der Waals surface area contributed by atoms with E-state index in [-0.39, 0.29) is 11.8 Å². The lowest BCUT2D eigenvalue weighted by atomic mass is 10.1. The summed E-state index contributed by atoms with van der Waals surface area (Å²) in [4.78, 5) is 12.1. The second-order valence-electron chi connectivity index (χ2n) is 6.77. The quantitative estimate of drug-likeness (QED) is 0.692. The molecule has 0 heterocycles. The van der Waals surface area contributed by atoms with Crippen LogP contribution in [0.5, 0.6) is 17.2 Å². The van der Waals surface area contributed by atoms with Crippen molar-refractivity contribution in [3.63, 3.8) is 0 Å². The van der Waals surface area contributed by atoms with Crippen molar-refractivity contribution in [1.82, 2.24) is 5.32 Å². The topological polar surface area (TPSA) is 56.8 Å². The van der Waals surface area contributed by atoms with Crippen molar-refractivity contribution >= 4 is 5.91 Å². The Bertz CT molecular complexity index is 811. The molecule has 0 spiro atoms. The summed E-state index contributed by atoms with van der Waals surface area (Å²) in [5.41, 5.74) is 0.805. The van der Waals surface area contributed by atoms with Crippen LogP contribution >= 0.6 is 0 Å². The maximum Gasteiger partial charge on any atom is 0.258 e. The molecule has 2 rings (SSSR count). The van der Waals surface area contributed by atoms with Crippen molar-refractivity contribution in [2.45, 2.75) is 26.8 Å². The predicted octanol–water partition coefficient (Wildman–Crippen LogP) is 4.26. The summed E-state index contributed by atoms with van der Waals surface area (Å²) in [6.45, 7) is 6.03. The standard InChI is InChI=1S/C21H25F2NO4/c1-13(2)11-27-18-8-5-15(9-20(18)26-4)14(3)24-21(25)12-28-19-10-16(22)6-7-17(19)23/h5-10,13-14H,11-12H2,1-4H3,(H,24,25). The van der Waals surface area contributed by atoms with Crippen LogP contribution in [-0.4, -0.2) is 26.2 Å². The largest absolute Gasteiger partial charge is 0.493 e. The number of nitrogens with one attached hydrogen (secondary N) is 1. The Balaban J connectivity index is 1.96. The van der Waals surface area contributed by atoms with E-state index in [1.54, 1.807) is 26.2 Å². The zero-order valence-corrected chi connectivity index (χ0v) is 16.4. The molecule has 2 aromatic rings. The summed E-state index contributed by atoms with van der Waals surface area (Å²) in [6, 6.07) is 7.88. The van der Waals surface area contributed by atoms with Crippen LogP contribution in [0.3, 0.4) is 0 Å². The molecule has 1 atom stereocenters. The third kappa shape index (κ3) is 6.11. The molecule has 0 aliphatic rings. The highest BCUT2D eigenvalue weighted by atomic mass is 19.1. The molecule has 28 heavy (non-hydrogen) atoms. The van der Waals surface area contributed by atoms with Crippen LogP contribution in [-0.2, 0) is 4.79 Å². The molecule has 1 amide bonds. The SMILES string of the molecule is COc1cc(C(C)NC(=O)COc2cc(F)ccc2F)ccc1OCC(C)C. The lowest BCUT2D eigenvalue weighted by Gasteiger charge is -2.18. The lowest BCUT2D eigenvalue weighted by molar-refractivity contribution is -0.123. The van der Waals surface area contributed by atoms with Crippen molar-refractivity contribution in [1.29, 1.82) is 0 Å². The zero-order valence-electron chi connectivity index (χ0n) is 16.4. The molecule has 0 radical (unpaired) electrons. The van der Waals surface area contributed by atoms with Gasteiger partial charge in [0.2, 0.25) is 0 Å². The normalized spacial score (nSPS) is 11.8. The second-order valence-corrected chi connectivity index (χ2v) is 6.77. The van der Waals surface area contributed by atoms with Gasteiger partial charge < -0.3 is 19.5 Å². The van der Waals surface area contributed by atoms with Crippen LogP contribution in [0.2, 0.25) is 0 Å². The Kier molecular flexibility index (Phi) is 7.61. The van der Waals surface area contributed by atoms with E-state index >= 15 is 0 Å². The molecule has 0 aliphatic heterocycles. The first-order valence-electron chi connectivity index (χ1n) is 8.98. The highest BCUT2D eigenvalue weighted by Gasteiger charge is 2.15. The monoisotopic (exact) mass is 393 g/mol. The molecule has 1 unspecified atom stereocenters. The molecule has 0 saturated heterocycles. The number of benzene rings is 2. The van der Waals surface area contributed by atoms with Gasteiger partial charge in [0.25, 0.3) is 5.91 Å². The van der Waals surface area contributed by atoms with Crippen LogP contribution in [0.15, 0.2) is 36.4 Å². The Hall–Kier alpha value is -2.83. The van der Waals surface area contributed by atoms with E-state index in [0.717, 1.165) is 23.8 Å². The molecule has 0 bridgehead atoms. The summed E-state index contributed by atoms with van der Waals surface area (Å²) in [5.74, 6) is -0.571. The first-order valence-corrected chi connectivity index (χ1v) is 8.98. The van der Waals surface area contributed by atoms with Gasteiger partial charge in [0, 0.05) is 6.07 Å². The van der Waals surface area contributed by atoms with E-state index in [2.05, 4.69) is 19.2 Å². The zero-order chi connectivity index (χ0) is 20.7. The number of rotatable bonds is 9. The van der Waals surface area contributed by atoms with Gasteiger partial charge in [0.05, 0.1) is 19.8 Å². The molecule has 0 aliphatic carbocycles. The number of amides is 1. The molecule has 0 aromatic heterocycles. The van der Waals surface area contributed by atoms with Crippen LogP contribution in [0.25, 0.3) is 0 Å². The first kappa shape index (κ1) is 21.5. The van der Waals surface area contributed by atoms with E-state index in [0.29, 0.717) is 24.0 Å². The summed E-state index contributed by atoms with van der Waals surface area (Å²) in [7, 11) is 1.55. The summed E-state index contributed by atoms with van der Waals surface area (Å²) >= 11 is 0. The number of halogens is 2. The Morgan fingerprint density at radius 2 is 1.75 bits per heavy atom. The Morgan fingerprint density at radius 1 is 1.00 bits per heavy atom. The fourth-order valence-corrected chi connectivity index (χ4v) is 2.43. The van der Waals surface area contributed by atoms with Crippen molar-refractivity contribution in [3.8, 4) is 17.2 Å². The van der Waals surface area contributed by atoms with Crippen LogP contribution < -0.4 is 19.5 Å². The first-order chi connectivity index (χ1) is 13.3. The van der Waals surface area contributed by atoms with E-state index in [1.807, 2.05) is 6.07 Å². The molecular formula is C21H25F2NO4. The fourth-order valence-electron chi connectivity index (χ4n) is 2.43. The van der Waals surface area contributed by atoms with Gasteiger partial charge in [0.1, 0.15) is 5.82 Å². The molecule has 152 valence electrons. The number of hydrogen-bond acceptors (Lipinski definition) is 4. The van der Waals surface area contributed by atoms with E-state index < -0.39 is 24.1 Å². The smallest absolute Gasteiger partial charge is 0.258 e. The van der Waals surface area contributed by atoms with E-state index in [9.17, 15) is 13.6 Å². The van der Waals surface area contributed by atoms with Crippen molar-refractivity contribution in [2.75, 3.05) is 20.3 Å². The van der Waals surface area contributed by atoms with Gasteiger partial charge in [-0.2, -0.15) is 0 Å². The van der Waals surface area contributed by atoms with E-state index in [1.165, 1.54) is 0 Å². The predicted molar refractivity (Wildman–Crippen MR) is 102 cm³/mol. The van der Waals surface area contributed by atoms with E-state index in [4.69, 9.17) is 14.2 Å². The number of ether oxygens (including phenoxy) is 3. The van der Waals surface area contributed by atoms with Gasteiger partial charge in [0.15, 0.2) is 29.7 Å². The van der Waals surface area contributed by atoms with Crippen molar-refractivity contribution in [2.24, 2.45) is 5.92 Å². The summed E-state index contributed by atoms with van der Waals surface area (Å²) in [5, 5.41) is 2.74. The summed E-state index contributed by atoms with van der Waals surface area (Å²) < 4.78 is 42.8. The van der Waals surface area contributed by atoms with Gasteiger partial charge in [-0.15, -0.1) is 0 Å². The lowest BCUT2D eigenvalue weighted by Crippen LogP contribution is -2.31. The van der Waals surface area contributed by atoms with Crippen molar-refractivity contribution < 1.29 is 27.8 Å². The minimum atomic E-state index is -0.732. The molecular weight excluding hydrogens is 368 g/mol. The highest BCUT2D eigenvalue weighted by Crippen LogP contribution is 2.30. The van der Waals surface area contributed by atoms with Gasteiger partial charge in [-0.25, -0.2) is 8.78 Å². The fraction of sp³-hybridized carbons (Fsp3) is 0.381. The van der Waals surface area contributed by atoms with Crippen LogP contribution in [0, 0.1) is 17.6 Å². The van der Waals surface area contributed by atoms with Crippen molar-refractivity contribution in [3.05, 3.63) is 53.6 Å². The second kappa shape index (κ2) is 9.92. The average molecular weight is 393 g/mol. The maximum absolute atomic E-state index is 13.5. The molecule has 0 saturated carbocycles. The Labute approximate surface area is 163 Å². The molecule has 2 aromatic carbocycles. The third-order valence-electron chi connectivity index (χ3n) is 3.89. The van der Waals surface area contributed by atoms with Gasteiger partial charge in [-0.1, -0.05) is 19.9 Å². The number of hydrogen-bond donors (Lipinski definition) is 1. The Morgan fingerprint density at radius 3 is 2.43 bits per heavy atom. The molecule has 1 N–H and O–H groups in total. The van der Waals surface area contributed by atoms with Gasteiger partial charge in [-0.3, -0.25) is 4.79 Å². The van der Waals surface area contributed by atoms with Gasteiger partial charge in [-0.05, 0) is 42.7 Å². The van der Waals surface area contributed by atoms with Crippen LogP contribution in [0.1, 0.15) is 32.4 Å². The number of carbonyl (C=O) groups excluding carboxylic acids is 1. The minimum absolute atomic E-state index is 0.309. The molecule has 5 nitrogen and oxygen atoms in total. The molecule has 0 fully saturated rings. The number of methoxy groups -OCH3 is 1. The average Bonchev–Trinajstić information content (AvgIpc) is 2.66. The highest BCUT2D eigenvalue weighted by molar-refractivity contribution is 5.78.